The zero-order chi connectivity index (χ0) is 17.3. The second-order valence-corrected chi connectivity index (χ2v) is 9.09. The minimum absolute atomic E-state index is 0.106. The Kier molecular flexibility index (Phi) is 3.34. The molecular weight excluding hydrogens is 302 g/mol. The average Bonchev–Trinajstić information content (AvgIpc) is 2.79. The molecule has 0 aromatic carbocycles. The van der Waals surface area contributed by atoms with Gasteiger partial charge in [0, 0.05) is 11.8 Å². The highest BCUT2D eigenvalue weighted by Crippen LogP contribution is 2.67. The molecule has 2 N–H and O–H groups in total. The lowest BCUT2D eigenvalue weighted by molar-refractivity contribution is -0.156. The van der Waals surface area contributed by atoms with Crippen molar-refractivity contribution in [2.45, 2.75) is 70.5 Å². The highest BCUT2D eigenvalue weighted by molar-refractivity contribution is 5.91. The highest BCUT2D eigenvalue weighted by atomic mass is 16.3. The van der Waals surface area contributed by atoms with Gasteiger partial charge in [-0.15, -0.1) is 0 Å². The van der Waals surface area contributed by atoms with Crippen LogP contribution in [0.2, 0.25) is 0 Å². The molecule has 0 saturated heterocycles. The van der Waals surface area contributed by atoms with Crippen molar-refractivity contribution in [2.24, 2.45) is 28.6 Å². The molecule has 3 fully saturated rings. The van der Waals surface area contributed by atoms with Gasteiger partial charge in [-0.25, -0.2) is 0 Å². The topological polar surface area (TPSA) is 81.3 Å². The molecule has 0 aromatic heterocycles. The van der Waals surface area contributed by atoms with E-state index in [1.165, 1.54) is 5.57 Å². The van der Waals surface area contributed by atoms with Crippen molar-refractivity contribution >= 4 is 5.78 Å². The number of nitrogens with zero attached hydrogens (tertiary/aromatic N) is 1. The third kappa shape index (κ3) is 1.83. The molecule has 4 nitrogen and oxygen atoms in total. The monoisotopic (exact) mass is 329 g/mol. The van der Waals surface area contributed by atoms with Crippen LogP contribution in [0.25, 0.3) is 0 Å². The maximum absolute atomic E-state index is 11.9. The fourth-order valence-corrected chi connectivity index (χ4v) is 6.88. The Morgan fingerprint density at radius 2 is 2.00 bits per heavy atom. The summed E-state index contributed by atoms with van der Waals surface area (Å²) >= 11 is 0. The van der Waals surface area contributed by atoms with Gasteiger partial charge in [0.2, 0.25) is 0 Å². The second kappa shape index (κ2) is 4.93. The summed E-state index contributed by atoms with van der Waals surface area (Å²) in [6.07, 6.45) is 6.44. The molecule has 3 saturated carbocycles. The summed E-state index contributed by atoms with van der Waals surface area (Å²) in [5.41, 5.74) is -0.727. The number of hydrogen-bond donors (Lipinski definition) is 2. The Bertz CT molecular complexity index is 664. The van der Waals surface area contributed by atoms with E-state index in [1.54, 1.807) is 0 Å². The Morgan fingerprint density at radius 3 is 2.71 bits per heavy atom. The lowest BCUT2D eigenvalue weighted by atomic mass is 9.45. The number of rotatable bonds is 0. The lowest BCUT2D eigenvalue weighted by Gasteiger charge is -2.60. The quantitative estimate of drug-likeness (QED) is 0.670. The number of carbonyl (C=O) groups excluding carboxylic acids is 1. The zero-order valence-electron chi connectivity index (χ0n) is 14.6. The molecule has 0 aromatic rings. The first-order chi connectivity index (χ1) is 11.2. The third-order valence-electron chi connectivity index (χ3n) is 8.23. The summed E-state index contributed by atoms with van der Waals surface area (Å²) in [7, 11) is 0. The van der Waals surface area contributed by atoms with Crippen LogP contribution >= 0.6 is 0 Å². The van der Waals surface area contributed by atoms with E-state index < -0.39 is 17.1 Å². The molecule has 0 radical (unpaired) electrons. The number of aliphatic hydroxyl groups is 2. The molecule has 0 unspecified atom stereocenters. The Labute approximate surface area is 143 Å². The van der Waals surface area contributed by atoms with Crippen LogP contribution in [0.15, 0.2) is 11.6 Å². The van der Waals surface area contributed by atoms with Crippen LogP contribution in [0.3, 0.4) is 0 Å². The fourth-order valence-electron chi connectivity index (χ4n) is 6.88. The molecule has 0 heterocycles. The Balaban J connectivity index is 1.76. The number of hydrogen-bond acceptors (Lipinski definition) is 4. The van der Waals surface area contributed by atoms with Crippen LogP contribution < -0.4 is 0 Å². The largest absolute Gasteiger partial charge is 0.393 e. The summed E-state index contributed by atoms with van der Waals surface area (Å²) in [6, 6.07) is 2.16. The molecule has 4 rings (SSSR count). The lowest BCUT2D eigenvalue weighted by Crippen LogP contribution is -2.59. The van der Waals surface area contributed by atoms with Crippen molar-refractivity contribution in [1.82, 2.24) is 0 Å². The predicted octanol–water partition coefficient (Wildman–Crippen LogP) is 2.74. The number of allylic oxidation sites excluding steroid dienone is 1. The second-order valence-electron chi connectivity index (χ2n) is 9.09. The van der Waals surface area contributed by atoms with Gasteiger partial charge in [-0.2, -0.15) is 5.26 Å². The van der Waals surface area contributed by atoms with Gasteiger partial charge in [0.15, 0.2) is 11.4 Å². The number of ketones is 1. The first kappa shape index (κ1) is 16.3. The van der Waals surface area contributed by atoms with E-state index in [0.717, 1.165) is 25.7 Å². The SMILES string of the molecule is C[C@]12CCC(=O)C=C1CC[C@H]1[C@H]2[C@H](O)C[C@@]2(C)[C@@H]1CC[C@]2(O)C#N. The number of fused-ring (bicyclic) bond motifs is 5. The predicted molar refractivity (Wildman–Crippen MR) is 88.7 cm³/mol. The van der Waals surface area contributed by atoms with Crippen molar-refractivity contribution in [1.29, 1.82) is 5.26 Å². The van der Waals surface area contributed by atoms with Crippen LogP contribution in [0, 0.1) is 39.9 Å². The molecule has 7 atom stereocenters. The van der Waals surface area contributed by atoms with E-state index in [9.17, 15) is 20.3 Å². The Morgan fingerprint density at radius 1 is 1.25 bits per heavy atom. The van der Waals surface area contributed by atoms with Gasteiger partial charge >= 0.3 is 0 Å². The number of aliphatic hydroxyl groups excluding tert-OH is 1. The summed E-state index contributed by atoms with van der Waals surface area (Å²) in [5.74, 6) is 0.975. The minimum atomic E-state index is -1.32. The van der Waals surface area contributed by atoms with Crippen molar-refractivity contribution in [3.05, 3.63) is 11.6 Å². The van der Waals surface area contributed by atoms with E-state index in [4.69, 9.17) is 0 Å². The molecule has 0 bridgehead atoms. The zero-order valence-corrected chi connectivity index (χ0v) is 14.6. The normalized spacial score (nSPS) is 53.5. The average molecular weight is 329 g/mol. The van der Waals surface area contributed by atoms with Crippen molar-refractivity contribution < 1.29 is 15.0 Å². The van der Waals surface area contributed by atoms with Gasteiger partial charge in [-0.1, -0.05) is 19.4 Å². The van der Waals surface area contributed by atoms with Gasteiger partial charge in [0.1, 0.15) is 0 Å². The van der Waals surface area contributed by atoms with Crippen molar-refractivity contribution in [3.8, 4) is 6.07 Å². The minimum Gasteiger partial charge on any atom is -0.393 e. The van der Waals surface area contributed by atoms with Crippen LogP contribution in [0.4, 0.5) is 0 Å². The maximum atomic E-state index is 11.9. The maximum Gasteiger partial charge on any atom is 0.156 e. The number of nitriles is 1. The summed E-state index contributed by atoms with van der Waals surface area (Å²) in [4.78, 5) is 11.9. The molecule has 0 amide bonds. The molecule has 4 heteroatoms. The summed E-state index contributed by atoms with van der Waals surface area (Å²) < 4.78 is 0. The van der Waals surface area contributed by atoms with Crippen molar-refractivity contribution in [3.63, 3.8) is 0 Å². The molecule has 24 heavy (non-hydrogen) atoms. The van der Waals surface area contributed by atoms with Crippen LogP contribution in [-0.4, -0.2) is 27.7 Å². The van der Waals surface area contributed by atoms with Gasteiger partial charge < -0.3 is 10.2 Å². The highest BCUT2D eigenvalue weighted by Gasteiger charge is 2.66. The first-order valence-corrected chi connectivity index (χ1v) is 9.31. The molecule has 0 aliphatic heterocycles. The van der Waals surface area contributed by atoms with E-state index in [2.05, 4.69) is 13.0 Å². The molecule has 4 aliphatic carbocycles. The standard InChI is InChI=1S/C20H27NO3/c1-18-7-5-13(22)9-12(18)3-4-14-15-6-8-20(24,11-21)19(15,2)10-16(23)17(14)18/h9,14-17,23-24H,3-8,10H2,1-2H3/t14-,15-,16-,17+,18+,19+,20+/m1/s1. The van der Waals surface area contributed by atoms with E-state index in [1.807, 2.05) is 13.0 Å². The van der Waals surface area contributed by atoms with Gasteiger partial charge in [-0.3, -0.25) is 4.79 Å². The van der Waals surface area contributed by atoms with E-state index in [-0.39, 0.29) is 23.0 Å². The van der Waals surface area contributed by atoms with E-state index >= 15 is 0 Å². The molecule has 130 valence electrons. The molecule has 4 aliphatic rings. The molecule has 0 spiro atoms. The van der Waals surface area contributed by atoms with Gasteiger partial charge in [0.05, 0.1) is 12.2 Å². The van der Waals surface area contributed by atoms with Crippen LogP contribution in [-0.2, 0) is 4.79 Å². The van der Waals surface area contributed by atoms with Crippen LogP contribution in [0.1, 0.15) is 58.8 Å². The van der Waals surface area contributed by atoms with E-state index in [0.29, 0.717) is 25.2 Å². The summed E-state index contributed by atoms with van der Waals surface area (Å²) in [6.45, 7) is 4.23. The Hall–Kier alpha value is -1.18. The first-order valence-electron chi connectivity index (χ1n) is 9.31. The molecular formula is C20H27NO3. The smallest absolute Gasteiger partial charge is 0.156 e. The van der Waals surface area contributed by atoms with Gasteiger partial charge in [-0.05, 0) is 67.8 Å². The number of carbonyl (C=O) groups is 1. The third-order valence-corrected chi connectivity index (χ3v) is 8.23. The fraction of sp³-hybridized carbons (Fsp3) is 0.800. The van der Waals surface area contributed by atoms with Gasteiger partial charge in [0.25, 0.3) is 0 Å². The summed E-state index contributed by atoms with van der Waals surface area (Å²) in [5, 5.41) is 31.5. The van der Waals surface area contributed by atoms with Crippen molar-refractivity contribution in [2.75, 3.05) is 0 Å². The van der Waals surface area contributed by atoms with Crippen LogP contribution in [0.5, 0.6) is 0 Å².